The van der Waals surface area contributed by atoms with Crippen molar-refractivity contribution in [1.29, 1.82) is 0 Å². The first-order valence-electron chi connectivity index (χ1n) is 9.88. The van der Waals surface area contributed by atoms with Gasteiger partial charge in [-0.3, -0.25) is 9.48 Å². The molecule has 0 saturated heterocycles. The van der Waals surface area contributed by atoms with Gasteiger partial charge in [0.05, 0.1) is 11.9 Å². The van der Waals surface area contributed by atoms with E-state index >= 15 is 0 Å². The molecular formula is C22H20FN7O. The molecule has 0 radical (unpaired) electrons. The van der Waals surface area contributed by atoms with Crippen molar-refractivity contribution in [2.24, 2.45) is 13.0 Å². The number of carbonyl (C=O) groups excluding carboxylic acids is 1. The van der Waals surface area contributed by atoms with E-state index < -0.39 is 5.95 Å². The number of amides is 1. The number of aryl methyl sites for hydroxylation is 2. The highest BCUT2D eigenvalue weighted by molar-refractivity contribution is 5.98. The predicted octanol–water partition coefficient (Wildman–Crippen LogP) is 3.20. The summed E-state index contributed by atoms with van der Waals surface area (Å²) in [5, 5.41) is 15.9. The van der Waals surface area contributed by atoms with Crippen molar-refractivity contribution in [1.82, 2.24) is 25.0 Å². The monoisotopic (exact) mass is 417 g/mol. The standard InChI is InChI=1S/C22H20FN7O/c1-11-3-4-25-21(23)19(11)12-5-13-7-18(28-29-20(13)17(24)6-12)27-22(31)16-8-15(16)14-9-26-30(2)10-14/h3-7,9-10,15-16H,8,24H2,1-2H3,(H,27,28,31)/t15-,16+/m1/s1. The zero-order valence-corrected chi connectivity index (χ0v) is 17.0. The highest BCUT2D eigenvalue weighted by Gasteiger charge is 2.44. The maximum Gasteiger partial charge on any atom is 0.229 e. The molecule has 9 heteroatoms. The number of anilines is 2. The topological polar surface area (TPSA) is 112 Å². The lowest BCUT2D eigenvalue weighted by Crippen LogP contribution is -2.16. The Bertz CT molecular complexity index is 1310. The number of pyridine rings is 1. The number of hydrogen-bond acceptors (Lipinski definition) is 6. The molecule has 3 aromatic heterocycles. The normalized spacial score (nSPS) is 17.6. The van der Waals surface area contributed by atoms with Gasteiger partial charge in [0.1, 0.15) is 5.52 Å². The number of nitrogens with two attached hydrogens (primary N) is 1. The molecule has 1 aliphatic rings. The maximum absolute atomic E-state index is 14.4. The molecule has 8 nitrogen and oxygen atoms in total. The second-order valence-corrected chi connectivity index (χ2v) is 7.91. The number of halogens is 1. The van der Waals surface area contributed by atoms with Crippen molar-refractivity contribution in [2.45, 2.75) is 19.3 Å². The van der Waals surface area contributed by atoms with Gasteiger partial charge < -0.3 is 11.1 Å². The molecule has 0 spiro atoms. The minimum Gasteiger partial charge on any atom is -0.397 e. The molecule has 156 valence electrons. The molecule has 1 aromatic carbocycles. The lowest BCUT2D eigenvalue weighted by molar-refractivity contribution is -0.117. The number of nitrogens with one attached hydrogen (secondary N) is 1. The molecular weight excluding hydrogens is 397 g/mol. The number of nitrogen functional groups attached to an aromatic ring is 1. The largest absolute Gasteiger partial charge is 0.397 e. The van der Waals surface area contributed by atoms with Gasteiger partial charge in [-0.2, -0.15) is 9.49 Å². The number of carbonyl (C=O) groups is 1. The van der Waals surface area contributed by atoms with Crippen LogP contribution in [-0.4, -0.2) is 30.9 Å². The fraction of sp³-hybridized carbons (Fsp3) is 0.227. The molecule has 5 rings (SSSR count). The SMILES string of the molecule is Cc1ccnc(F)c1-c1cc(N)c2nnc(NC(=O)[C@H]3C[C@@H]3c3cnn(C)c3)cc2c1. The molecule has 2 atom stereocenters. The maximum atomic E-state index is 14.4. The Labute approximate surface area is 177 Å². The van der Waals surface area contributed by atoms with Gasteiger partial charge in [-0.1, -0.05) is 0 Å². The van der Waals surface area contributed by atoms with Crippen molar-refractivity contribution in [3.8, 4) is 11.1 Å². The van der Waals surface area contributed by atoms with Crippen LogP contribution in [0.25, 0.3) is 22.0 Å². The van der Waals surface area contributed by atoms with Crippen LogP contribution in [0.5, 0.6) is 0 Å². The second kappa shape index (κ2) is 7.12. The van der Waals surface area contributed by atoms with Crippen LogP contribution in [0.3, 0.4) is 0 Å². The Morgan fingerprint density at radius 2 is 2.13 bits per heavy atom. The summed E-state index contributed by atoms with van der Waals surface area (Å²) in [7, 11) is 1.85. The van der Waals surface area contributed by atoms with E-state index in [9.17, 15) is 9.18 Å². The minimum absolute atomic E-state index is 0.110. The van der Waals surface area contributed by atoms with Gasteiger partial charge in [0.25, 0.3) is 0 Å². The molecule has 4 aromatic rings. The lowest BCUT2D eigenvalue weighted by atomic mass is 10.00. The van der Waals surface area contributed by atoms with Gasteiger partial charge in [0, 0.05) is 36.3 Å². The van der Waals surface area contributed by atoms with E-state index in [2.05, 4.69) is 25.6 Å². The van der Waals surface area contributed by atoms with E-state index in [1.165, 1.54) is 6.20 Å². The number of benzene rings is 1. The van der Waals surface area contributed by atoms with Gasteiger partial charge in [0.15, 0.2) is 5.82 Å². The number of aromatic nitrogens is 5. The number of hydrogen-bond donors (Lipinski definition) is 2. The fourth-order valence-electron chi connectivity index (χ4n) is 3.97. The molecule has 1 saturated carbocycles. The van der Waals surface area contributed by atoms with E-state index in [4.69, 9.17) is 5.73 Å². The smallest absolute Gasteiger partial charge is 0.229 e. The van der Waals surface area contributed by atoms with Crippen LogP contribution in [0, 0.1) is 18.8 Å². The number of fused-ring (bicyclic) bond motifs is 1. The van der Waals surface area contributed by atoms with Crippen molar-refractivity contribution in [3.63, 3.8) is 0 Å². The van der Waals surface area contributed by atoms with Gasteiger partial charge in [-0.25, -0.2) is 4.98 Å². The summed E-state index contributed by atoms with van der Waals surface area (Å²) in [5.74, 6) is -0.300. The van der Waals surface area contributed by atoms with Gasteiger partial charge in [-0.05, 0) is 60.2 Å². The third kappa shape index (κ3) is 3.48. The minimum atomic E-state index is -0.565. The van der Waals surface area contributed by atoms with Gasteiger partial charge >= 0.3 is 0 Å². The van der Waals surface area contributed by atoms with Gasteiger partial charge in [0.2, 0.25) is 11.9 Å². The van der Waals surface area contributed by atoms with Crippen LogP contribution in [0.2, 0.25) is 0 Å². The summed E-state index contributed by atoms with van der Waals surface area (Å²) >= 11 is 0. The van der Waals surface area contributed by atoms with E-state index in [0.717, 1.165) is 17.5 Å². The summed E-state index contributed by atoms with van der Waals surface area (Å²) in [6.07, 6.45) is 5.92. The molecule has 1 fully saturated rings. The molecule has 31 heavy (non-hydrogen) atoms. The average molecular weight is 417 g/mol. The number of rotatable bonds is 4. The molecule has 3 N–H and O–H groups in total. The second-order valence-electron chi connectivity index (χ2n) is 7.91. The molecule has 0 aliphatic heterocycles. The molecule has 0 unspecified atom stereocenters. The first kappa shape index (κ1) is 19.1. The zero-order valence-electron chi connectivity index (χ0n) is 17.0. The Balaban J connectivity index is 1.42. The summed E-state index contributed by atoms with van der Waals surface area (Å²) < 4.78 is 16.1. The molecule has 3 heterocycles. The van der Waals surface area contributed by atoms with Crippen molar-refractivity contribution < 1.29 is 9.18 Å². The van der Waals surface area contributed by atoms with Crippen molar-refractivity contribution in [2.75, 3.05) is 11.1 Å². The molecule has 1 aliphatic carbocycles. The van der Waals surface area contributed by atoms with Crippen LogP contribution in [0.1, 0.15) is 23.5 Å². The summed E-state index contributed by atoms with van der Waals surface area (Å²) in [6, 6.07) is 6.87. The Hall–Kier alpha value is -3.88. The Morgan fingerprint density at radius 1 is 1.29 bits per heavy atom. The van der Waals surface area contributed by atoms with Gasteiger partial charge in [-0.15, -0.1) is 10.2 Å². The lowest BCUT2D eigenvalue weighted by Gasteiger charge is -2.10. The average Bonchev–Trinajstić information content (AvgIpc) is 3.41. The third-order valence-electron chi connectivity index (χ3n) is 5.65. The molecule has 1 amide bonds. The van der Waals surface area contributed by atoms with E-state index in [1.54, 1.807) is 35.1 Å². The quantitative estimate of drug-likeness (QED) is 0.390. The fourth-order valence-corrected chi connectivity index (χ4v) is 3.97. The van der Waals surface area contributed by atoms with E-state index in [0.29, 0.717) is 33.5 Å². The molecule has 0 bridgehead atoms. The van der Waals surface area contributed by atoms with Crippen LogP contribution < -0.4 is 11.1 Å². The Kier molecular flexibility index (Phi) is 4.39. The summed E-state index contributed by atoms with van der Waals surface area (Å²) in [4.78, 5) is 16.4. The van der Waals surface area contributed by atoms with Crippen LogP contribution in [0.15, 0.2) is 42.9 Å². The number of nitrogens with zero attached hydrogens (tertiary/aromatic N) is 5. The first-order valence-corrected chi connectivity index (χ1v) is 9.88. The van der Waals surface area contributed by atoms with Crippen molar-refractivity contribution >= 4 is 28.3 Å². The summed E-state index contributed by atoms with van der Waals surface area (Å²) in [5.41, 5.74) is 9.79. The zero-order chi connectivity index (χ0) is 21.7. The van der Waals surface area contributed by atoms with Crippen molar-refractivity contribution in [3.05, 3.63) is 59.9 Å². The van der Waals surface area contributed by atoms with E-state index in [-0.39, 0.29) is 17.7 Å². The van der Waals surface area contributed by atoms with Crippen LogP contribution in [-0.2, 0) is 11.8 Å². The Morgan fingerprint density at radius 3 is 2.87 bits per heavy atom. The highest BCUT2D eigenvalue weighted by Crippen LogP contribution is 2.47. The summed E-state index contributed by atoms with van der Waals surface area (Å²) in [6.45, 7) is 1.81. The van der Waals surface area contributed by atoms with Crippen LogP contribution >= 0.6 is 0 Å². The van der Waals surface area contributed by atoms with Crippen LogP contribution in [0.4, 0.5) is 15.9 Å². The first-order chi connectivity index (χ1) is 14.9. The third-order valence-corrected chi connectivity index (χ3v) is 5.65. The highest BCUT2D eigenvalue weighted by atomic mass is 19.1. The predicted molar refractivity (Wildman–Crippen MR) is 115 cm³/mol. The van der Waals surface area contributed by atoms with E-state index in [1.807, 2.05) is 20.2 Å².